The molecule has 1 atom stereocenters. The van der Waals surface area contributed by atoms with E-state index in [4.69, 9.17) is 21.1 Å². The van der Waals surface area contributed by atoms with E-state index in [0.29, 0.717) is 18.3 Å². The van der Waals surface area contributed by atoms with E-state index < -0.39 is 5.97 Å². The van der Waals surface area contributed by atoms with Crippen molar-refractivity contribution in [2.75, 3.05) is 6.61 Å². The number of esters is 1. The number of carbonyl (C=O) groups excluding carboxylic acids is 1. The van der Waals surface area contributed by atoms with Crippen LogP contribution in [0.25, 0.3) is 0 Å². The van der Waals surface area contributed by atoms with Crippen molar-refractivity contribution in [2.45, 2.75) is 20.3 Å². The minimum Gasteiger partial charge on any atom is -0.506 e. The summed E-state index contributed by atoms with van der Waals surface area (Å²) in [4.78, 5) is 12.0. The van der Waals surface area contributed by atoms with E-state index in [1.807, 2.05) is 0 Å². The smallest absolute Gasteiger partial charge is 0.343 e. The first kappa shape index (κ1) is 17.2. The maximum absolute atomic E-state index is 12.0. The fourth-order valence-electron chi connectivity index (χ4n) is 1.76. The Bertz CT molecular complexity index is 667. The van der Waals surface area contributed by atoms with Crippen molar-refractivity contribution in [2.24, 2.45) is 5.92 Å². The number of rotatable bonds is 6. The van der Waals surface area contributed by atoms with Gasteiger partial charge in [-0.15, -0.1) is 0 Å². The number of hydrogen-bond donors (Lipinski definition) is 1. The van der Waals surface area contributed by atoms with Crippen molar-refractivity contribution >= 4 is 17.6 Å². The van der Waals surface area contributed by atoms with E-state index >= 15 is 0 Å². The van der Waals surface area contributed by atoms with Gasteiger partial charge < -0.3 is 14.6 Å². The second-order valence-corrected chi connectivity index (χ2v) is 5.76. The van der Waals surface area contributed by atoms with Gasteiger partial charge in [-0.1, -0.05) is 31.9 Å². The van der Waals surface area contributed by atoms with Crippen molar-refractivity contribution < 1.29 is 19.4 Å². The molecule has 0 amide bonds. The number of phenolic OH excluding ortho intramolecular Hbond substituents is 1. The first-order valence-corrected chi connectivity index (χ1v) is 7.81. The summed E-state index contributed by atoms with van der Waals surface area (Å²) in [5, 5.41) is 9.46. The lowest BCUT2D eigenvalue weighted by atomic mass is 10.1. The topological polar surface area (TPSA) is 55.8 Å². The molecule has 0 heterocycles. The molecule has 2 aromatic carbocycles. The van der Waals surface area contributed by atoms with Crippen molar-refractivity contribution in [3.63, 3.8) is 0 Å². The highest BCUT2D eigenvalue weighted by molar-refractivity contribution is 6.32. The molecule has 1 N–H and O–H groups in total. The van der Waals surface area contributed by atoms with E-state index in [1.54, 1.807) is 24.3 Å². The first-order chi connectivity index (χ1) is 11.0. The van der Waals surface area contributed by atoms with Gasteiger partial charge in [0.1, 0.15) is 17.2 Å². The predicted molar refractivity (Wildman–Crippen MR) is 89.5 cm³/mol. The minimum absolute atomic E-state index is 0.0778. The number of hydrogen-bond acceptors (Lipinski definition) is 4. The van der Waals surface area contributed by atoms with Crippen molar-refractivity contribution in [1.29, 1.82) is 0 Å². The Morgan fingerprint density at radius 2 is 1.83 bits per heavy atom. The van der Waals surface area contributed by atoms with Gasteiger partial charge in [0.15, 0.2) is 0 Å². The van der Waals surface area contributed by atoms with Gasteiger partial charge in [-0.2, -0.15) is 0 Å². The molecule has 0 saturated heterocycles. The van der Waals surface area contributed by atoms with E-state index in [0.717, 1.165) is 12.2 Å². The molecule has 0 saturated carbocycles. The Morgan fingerprint density at radius 3 is 2.43 bits per heavy atom. The standard InChI is InChI=1S/C18H19ClO4/c1-3-12(2)11-22-14-5-7-15(8-6-14)23-18(21)13-4-9-17(20)16(19)10-13/h4-10,12,20H,3,11H2,1-2H3. The summed E-state index contributed by atoms with van der Waals surface area (Å²) in [5.74, 6) is 1.02. The Labute approximate surface area is 140 Å². The third-order valence-electron chi connectivity index (χ3n) is 3.45. The molecule has 0 aliphatic heterocycles. The molecule has 1 unspecified atom stereocenters. The molecule has 23 heavy (non-hydrogen) atoms. The van der Waals surface area contributed by atoms with Crippen LogP contribution in [0.1, 0.15) is 30.6 Å². The van der Waals surface area contributed by atoms with Gasteiger partial charge in [-0.25, -0.2) is 4.79 Å². The first-order valence-electron chi connectivity index (χ1n) is 7.43. The molecule has 2 aromatic rings. The van der Waals surface area contributed by atoms with Gasteiger partial charge in [0, 0.05) is 0 Å². The number of halogens is 1. The van der Waals surface area contributed by atoms with Gasteiger partial charge in [0.05, 0.1) is 17.2 Å². The van der Waals surface area contributed by atoms with Crippen LogP contribution < -0.4 is 9.47 Å². The fraction of sp³-hybridized carbons (Fsp3) is 0.278. The third-order valence-corrected chi connectivity index (χ3v) is 3.75. The lowest BCUT2D eigenvalue weighted by Gasteiger charge is -2.11. The highest BCUT2D eigenvalue weighted by Crippen LogP contribution is 2.25. The summed E-state index contributed by atoms with van der Waals surface area (Å²) in [7, 11) is 0. The summed E-state index contributed by atoms with van der Waals surface area (Å²) >= 11 is 5.78. The van der Waals surface area contributed by atoms with Crippen LogP contribution in [0, 0.1) is 5.92 Å². The number of ether oxygens (including phenoxy) is 2. The molecule has 4 nitrogen and oxygen atoms in total. The third kappa shape index (κ3) is 4.89. The molecular weight excluding hydrogens is 316 g/mol. The van der Waals surface area contributed by atoms with Gasteiger partial charge in [-0.05, 0) is 48.4 Å². The zero-order valence-electron chi connectivity index (χ0n) is 13.1. The molecule has 0 aliphatic carbocycles. The van der Waals surface area contributed by atoms with Crippen LogP contribution in [-0.4, -0.2) is 17.7 Å². The van der Waals surface area contributed by atoms with Crippen LogP contribution in [0.2, 0.25) is 5.02 Å². The molecule has 0 fully saturated rings. The van der Waals surface area contributed by atoms with Crippen molar-refractivity contribution in [1.82, 2.24) is 0 Å². The average Bonchev–Trinajstić information content (AvgIpc) is 2.56. The van der Waals surface area contributed by atoms with Crippen LogP contribution in [0.3, 0.4) is 0 Å². The Morgan fingerprint density at radius 1 is 1.17 bits per heavy atom. The molecule has 0 aromatic heterocycles. The normalized spacial score (nSPS) is 11.8. The summed E-state index contributed by atoms with van der Waals surface area (Å²) in [6.45, 7) is 4.90. The van der Waals surface area contributed by atoms with Crippen LogP contribution in [0.5, 0.6) is 17.2 Å². The molecule has 2 rings (SSSR count). The maximum atomic E-state index is 12.0. The molecule has 5 heteroatoms. The molecule has 0 aliphatic rings. The summed E-state index contributed by atoms with van der Waals surface area (Å²) in [6.07, 6.45) is 1.06. The Kier molecular flexibility index (Phi) is 5.88. The number of benzene rings is 2. The van der Waals surface area contributed by atoms with Gasteiger partial charge >= 0.3 is 5.97 Å². The van der Waals surface area contributed by atoms with E-state index in [9.17, 15) is 9.90 Å². The summed E-state index contributed by atoms with van der Waals surface area (Å²) in [6, 6.07) is 11.0. The number of phenols is 1. The largest absolute Gasteiger partial charge is 0.506 e. The highest BCUT2D eigenvalue weighted by atomic mass is 35.5. The second kappa shape index (κ2) is 7.88. The zero-order chi connectivity index (χ0) is 16.8. The van der Waals surface area contributed by atoms with Gasteiger partial charge in [0.25, 0.3) is 0 Å². The monoisotopic (exact) mass is 334 g/mol. The Balaban J connectivity index is 1.97. The minimum atomic E-state index is -0.542. The summed E-state index contributed by atoms with van der Waals surface area (Å²) in [5.41, 5.74) is 0.268. The molecular formula is C18H19ClO4. The quantitative estimate of drug-likeness (QED) is 0.615. The van der Waals surface area contributed by atoms with Crippen molar-refractivity contribution in [3.8, 4) is 17.2 Å². The molecule has 0 bridgehead atoms. The number of aromatic hydroxyl groups is 1. The average molecular weight is 335 g/mol. The van der Waals surface area contributed by atoms with Crippen molar-refractivity contribution in [3.05, 3.63) is 53.1 Å². The molecule has 0 spiro atoms. The zero-order valence-corrected chi connectivity index (χ0v) is 13.8. The highest BCUT2D eigenvalue weighted by Gasteiger charge is 2.11. The van der Waals surface area contributed by atoms with Crippen LogP contribution in [0.4, 0.5) is 0 Å². The lowest BCUT2D eigenvalue weighted by molar-refractivity contribution is 0.0734. The molecule has 0 radical (unpaired) electrons. The predicted octanol–water partition coefficient (Wildman–Crippen LogP) is 4.69. The van der Waals surface area contributed by atoms with E-state index in [1.165, 1.54) is 18.2 Å². The van der Waals surface area contributed by atoms with E-state index in [-0.39, 0.29) is 16.3 Å². The Hall–Kier alpha value is -2.20. The maximum Gasteiger partial charge on any atom is 0.343 e. The second-order valence-electron chi connectivity index (χ2n) is 5.35. The van der Waals surface area contributed by atoms with Gasteiger partial charge in [-0.3, -0.25) is 0 Å². The molecule has 122 valence electrons. The lowest BCUT2D eigenvalue weighted by Crippen LogP contribution is -2.09. The fourth-order valence-corrected chi connectivity index (χ4v) is 1.94. The summed E-state index contributed by atoms with van der Waals surface area (Å²) < 4.78 is 10.9. The SMILES string of the molecule is CCC(C)COc1ccc(OC(=O)c2ccc(O)c(Cl)c2)cc1. The van der Waals surface area contributed by atoms with Crippen LogP contribution >= 0.6 is 11.6 Å². The van der Waals surface area contributed by atoms with Gasteiger partial charge in [0.2, 0.25) is 0 Å². The number of carbonyl (C=O) groups is 1. The van der Waals surface area contributed by atoms with Crippen LogP contribution in [-0.2, 0) is 0 Å². The van der Waals surface area contributed by atoms with E-state index in [2.05, 4.69) is 13.8 Å². The van der Waals surface area contributed by atoms with Crippen LogP contribution in [0.15, 0.2) is 42.5 Å².